The van der Waals surface area contributed by atoms with Crippen LogP contribution in [0.1, 0.15) is 17.4 Å². The van der Waals surface area contributed by atoms with Crippen molar-refractivity contribution in [3.8, 4) is 0 Å². The van der Waals surface area contributed by atoms with Crippen molar-refractivity contribution >= 4 is 52.9 Å². The second kappa shape index (κ2) is 9.38. The van der Waals surface area contributed by atoms with Crippen molar-refractivity contribution in [2.45, 2.75) is 18.6 Å². The molecule has 2 N–H and O–H groups in total. The summed E-state index contributed by atoms with van der Waals surface area (Å²) in [6.45, 7) is 4.55. The van der Waals surface area contributed by atoms with Gasteiger partial charge in [0.25, 0.3) is 0 Å². The minimum absolute atomic E-state index is 0. The fourth-order valence-electron chi connectivity index (χ4n) is 3.15. The summed E-state index contributed by atoms with van der Waals surface area (Å²) in [4.78, 5) is 10.0. The van der Waals surface area contributed by atoms with Gasteiger partial charge in [0.15, 0.2) is 5.96 Å². The Labute approximate surface area is 169 Å². The molecule has 2 atom stereocenters. The fourth-order valence-corrected chi connectivity index (χ4v) is 4.20. The summed E-state index contributed by atoms with van der Waals surface area (Å²) in [5.74, 6) is 0.862. The van der Waals surface area contributed by atoms with Crippen molar-refractivity contribution in [1.82, 2.24) is 15.1 Å². The Kier molecular flexibility index (Phi) is 7.80. The highest BCUT2D eigenvalue weighted by Crippen LogP contribution is 2.26. The van der Waals surface area contributed by atoms with Crippen molar-refractivity contribution < 1.29 is 5.11 Å². The quantitative estimate of drug-likeness (QED) is 0.300. The number of halogens is 2. The molecule has 0 amide bonds. The van der Waals surface area contributed by atoms with Gasteiger partial charge in [0.05, 0.1) is 4.34 Å². The molecule has 8 heteroatoms. The first-order chi connectivity index (χ1) is 11.2. The number of aliphatic hydroxyl groups is 1. The number of nitrogens with one attached hydrogen (secondary N) is 1. The second-order valence-corrected chi connectivity index (χ2v) is 7.65. The predicted molar refractivity (Wildman–Crippen MR) is 112 cm³/mol. The van der Waals surface area contributed by atoms with Crippen LogP contribution in [0.2, 0.25) is 4.34 Å². The van der Waals surface area contributed by atoms with Crippen molar-refractivity contribution in [3.63, 3.8) is 0 Å². The summed E-state index contributed by atoms with van der Waals surface area (Å²) in [6.07, 6.45) is 5.06. The van der Waals surface area contributed by atoms with E-state index in [-0.39, 0.29) is 24.0 Å². The highest BCUT2D eigenvalue weighted by Gasteiger charge is 2.29. The van der Waals surface area contributed by atoms with E-state index in [0.717, 1.165) is 43.4 Å². The zero-order valence-corrected chi connectivity index (χ0v) is 17.6. The van der Waals surface area contributed by atoms with Gasteiger partial charge >= 0.3 is 0 Å². The van der Waals surface area contributed by atoms with Gasteiger partial charge in [0, 0.05) is 50.7 Å². The second-order valence-electron chi connectivity index (χ2n) is 5.90. The normalized spacial score (nSPS) is 22.7. The lowest BCUT2D eigenvalue weighted by molar-refractivity contribution is 0.183. The van der Waals surface area contributed by atoms with Crippen LogP contribution in [0.4, 0.5) is 0 Å². The molecule has 0 saturated carbocycles. The first kappa shape index (κ1) is 20.0. The molecule has 0 aromatic carbocycles. The van der Waals surface area contributed by atoms with Crippen LogP contribution >= 0.6 is 46.9 Å². The summed E-state index contributed by atoms with van der Waals surface area (Å²) < 4.78 is 0.699. The van der Waals surface area contributed by atoms with E-state index in [9.17, 15) is 5.11 Å². The zero-order chi connectivity index (χ0) is 16.2. The standard InChI is InChI=1S/C16H23ClN4OS.HI/c1-18-16(19-10-13(22)14-4-5-15(17)23-14)21-9-6-12(11-21)20-7-2-3-8-20;/h2-5,12-13,22H,6-11H2,1H3,(H,18,19);1H. The van der Waals surface area contributed by atoms with Crippen LogP contribution in [-0.2, 0) is 0 Å². The minimum atomic E-state index is -0.564. The molecule has 1 fully saturated rings. The van der Waals surface area contributed by atoms with Crippen molar-refractivity contribution in [1.29, 1.82) is 0 Å². The maximum atomic E-state index is 10.2. The SMILES string of the molecule is CN=C(NCC(O)c1ccc(Cl)s1)N1CCC(N2CC=CC2)C1.I. The largest absolute Gasteiger partial charge is 0.386 e. The lowest BCUT2D eigenvalue weighted by atomic mass is 10.2. The molecule has 0 aliphatic carbocycles. The average Bonchev–Trinajstić information content (AvgIpc) is 3.28. The fraction of sp³-hybridized carbons (Fsp3) is 0.562. The van der Waals surface area contributed by atoms with Gasteiger partial charge in [-0.25, -0.2) is 0 Å². The number of thiophene rings is 1. The van der Waals surface area contributed by atoms with E-state index in [1.807, 2.05) is 12.1 Å². The number of aliphatic hydroxyl groups excluding tert-OH is 1. The molecule has 3 rings (SSSR count). The van der Waals surface area contributed by atoms with E-state index in [0.29, 0.717) is 16.9 Å². The topological polar surface area (TPSA) is 51.1 Å². The molecule has 3 heterocycles. The van der Waals surface area contributed by atoms with Crippen LogP contribution < -0.4 is 5.32 Å². The molecule has 1 saturated heterocycles. The third kappa shape index (κ3) is 4.85. The van der Waals surface area contributed by atoms with Crippen LogP contribution in [0.25, 0.3) is 0 Å². The van der Waals surface area contributed by atoms with Gasteiger partial charge in [0.1, 0.15) is 6.10 Å². The smallest absolute Gasteiger partial charge is 0.193 e. The number of guanidine groups is 1. The minimum Gasteiger partial charge on any atom is -0.386 e. The Bertz CT molecular complexity index is 586. The number of hydrogen-bond donors (Lipinski definition) is 2. The molecule has 2 aliphatic rings. The summed E-state index contributed by atoms with van der Waals surface area (Å²) in [5.41, 5.74) is 0. The van der Waals surface area contributed by atoms with Gasteiger partial charge in [-0.2, -0.15) is 0 Å². The predicted octanol–water partition coefficient (Wildman–Crippen LogP) is 2.57. The Morgan fingerprint density at radius 1 is 1.46 bits per heavy atom. The van der Waals surface area contributed by atoms with Crippen LogP contribution in [0.3, 0.4) is 0 Å². The van der Waals surface area contributed by atoms with Crippen LogP contribution in [0.5, 0.6) is 0 Å². The summed E-state index contributed by atoms with van der Waals surface area (Å²) in [7, 11) is 1.79. The van der Waals surface area contributed by atoms with Crippen molar-refractivity contribution in [3.05, 3.63) is 33.5 Å². The Morgan fingerprint density at radius 2 is 2.21 bits per heavy atom. The molecule has 0 radical (unpaired) electrons. The third-order valence-electron chi connectivity index (χ3n) is 4.41. The van der Waals surface area contributed by atoms with Crippen molar-refractivity contribution in [2.24, 2.45) is 4.99 Å². The van der Waals surface area contributed by atoms with E-state index in [1.165, 1.54) is 11.3 Å². The molecule has 5 nitrogen and oxygen atoms in total. The van der Waals surface area contributed by atoms with Crippen molar-refractivity contribution in [2.75, 3.05) is 39.8 Å². The summed E-state index contributed by atoms with van der Waals surface area (Å²) in [5, 5.41) is 13.5. The van der Waals surface area contributed by atoms with E-state index >= 15 is 0 Å². The molecule has 0 bridgehead atoms. The van der Waals surface area contributed by atoms with Gasteiger partial charge in [-0.05, 0) is 18.6 Å². The molecule has 0 spiro atoms. The third-order valence-corrected chi connectivity index (χ3v) is 5.75. The maximum absolute atomic E-state index is 10.2. The van der Waals surface area contributed by atoms with E-state index in [4.69, 9.17) is 11.6 Å². The number of likely N-dealkylation sites (tertiary alicyclic amines) is 1. The summed E-state index contributed by atoms with van der Waals surface area (Å²) in [6, 6.07) is 4.27. The maximum Gasteiger partial charge on any atom is 0.193 e. The Morgan fingerprint density at radius 3 is 2.83 bits per heavy atom. The lowest BCUT2D eigenvalue weighted by Crippen LogP contribution is -2.43. The number of rotatable bonds is 4. The molecule has 1 aromatic heterocycles. The molecule has 1 aromatic rings. The number of nitrogens with zero attached hydrogens (tertiary/aromatic N) is 3. The molecular weight excluding hydrogens is 459 g/mol. The molecular formula is C16H24ClIN4OS. The first-order valence-corrected chi connectivity index (χ1v) is 9.14. The monoisotopic (exact) mass is 482 g/mol. The highest BCUT2D eigenvalue weighted by molar-refractivity contribution is 14.0. The van der Waals surface area contributed by atoms with E-state index in [2.05, 4.69) is 32.3 Å². The van der Waals surface area contributed by atoms with E-state index < -0.39 is 6.10 Å². The average molecular weight is 483 g/mol. The molecule has 2 unspecified atom stereocenters. The lowest BCUT2D eigenvalue weighted by Gasteiger charge is -2.26. The first-order valence-electron chi connectivity index (χ1n) is 7.95. The van der Waals surface area contributed by atoms with Gasteiger partial charge in [-0.3, -0.25) is 9.89 Å². The molecule has 24 heavy (non-hydrogen) atoms. The van der Waals surface area contributed by atoms with Gasteiger partial charge in [-0.15, -0.1) is 35.3 Å². The van der Waals surface area contributed by atoms with Crippen LogP contribution in [-0.4, -0.2) is 66.7 Å². The Hall–Kier alpha value is -0.350. The zero-order valence-electron chi connectivity index (χ0n) is 13.7. The van der Waals surface area contributed by atoms with Gasteiger partial charge in [-0.1, -0.05) is 23.8 Å². The Balaban J connectivity index is 0.00000208. The number of aliphatic imine (C=N–C) groups is 1. The van der Waals surface area contributed by atoms with Gasteiger partial charge < -0.3 is 15.3 Å². The number of hydrogen-bond acceptors (Lipinski definition) is 4. The van der Waals surface area contributed by atoms with Crippen LogP contribution in [0, 0.1) is 0 Å². The van der Waals surface area contributed by atoms with Crippen LogP contribution in [0.15, 0.2) is 29.3 Å². The summed E-state index contributed by atoms with van der Waals surface area (Å²) >= 11 is 7.33. The van der Waals surface area contributed by atoms with E-state index in [1.54, 1.807) is 7.05 Å². The molecule has 134 valence electrons. The molecule has 2 aliphatic heterocycles. The van der Waals surface area contributed by atoms with Gasteiger partial charge in [0.2, 0.25) is 0 Å². The highest BCUT2D eigenvalue weighted by atomic mass is 127.